The summed E-state index contributed by atoms with van der Waals surface area (Å²) in [7, 11) is -3.26. The van der Waals surface area contributed by atoms with Crippen LogP contribution in [0.25, 0.3) is 0 Å². The highest BCUT2D eigenvalue weighted by Crippen LogP contribution is 2.25. The van der Waals surface area contributed by atoms with Crippen LogP contribution in [0.2, 0.25) is 0 Å². The lowest BCUT2D eigenvalue weighted by atomic mass is 9.97. The normalized spacial score (nSPS) is 14.4. The molecule has 0 aliphatic heterocycles. The fourth-order valence-corrected chi connectivity index (χ4v) is 2.96. The number of rotatable bonds is 5. The van der Waals surface area contributed by atoms with Crippen molar-refractivity contribution >= 4 is 9.84 Å². The molecule has 0 aliphatic carbocycles. The molecule has 0 saturated heterocycles. The van der Waals surface area contributed by atoms with Gasteiger partial charge in [0.1, 0.15) is 5.82 Å². The van der Waals surface area contributed by atoms with Gasteiger partial charge in [0.05, 0.1) is 17.1 Å². The van der Waals surface area contributed by atoms with Crippen molar-refractivity contribution in [1.82, 2.24) is 0 Å². The monoisotopic (exact) mass is 288 g/mol. The predicted octanol–water partition coefficient (Wildman–Crippen LogP) is 2.51. The summed E-state index contributed by atoms with van der Waals surface area (Å²) in [5.41, 5.74) is 0.370. The van der Waals surface area contributed by atoms with E-state index in [0.717, 1.165) is 0 Å². The second-order valence-corrected chi connectivity index (χ2v) is 8.48. The Labute approximate surface area is 114 Å². The molecule has 0 fully saturated rings. The van der Waals surface area contributed by atoms with Gasteiger partial charge in [-0.2, -0.15) is 0 Å². The molecule has 3 nitrogen and oxygen atoms in total. The molecular weight excluding hydrogens is 267 g/mol. The minimum atomic E-state index is -3.26. The minimum absolute atomic E-state index is 0.0595. The number of sulfone groups is 1. The van der Waals surface area contributed by atoms with Gasteiger partial charge in [-0.25, -0.2) is 12.8 Å². The second-order valence-electron chi connectivity index (χ2n) is 5.62. The van der Waals surface area contributed by atoms with E-state index in [1.807, 2.05) is 0 Å². The second kappa shape index (κ2) is 6.01. The Kier molecular flexibility index (Phi) is 5.10. The first-order valence-electron chi connectivity index (χ1n) is 6.26. The molecule has 1 aromatic carbocycles. The summed E-state index contributed by atoms with van der Waals surface area (Å²) in [4.78, 5) is 0. The number of aliphatic hydroxyl groups is 1. The van der Waals surface area contributed by atoms with Crippen LogP contribution in [0.3, 0.4) is 0 Å². The number of benzene rings is 1. The molecule has 1 unspecified atom stereocenters. The first-order chi connectivity index (χ1) is 8.69. The quantitative estimate of drug-likeness (QED) is 0.905. The van der Waals surface area contributed by atoms with Crippen molar-refractivity contribution in [1.29, 1.82) is 0 Å². The maximum absolute atomic E-state index is 13.6. The molecule has 19 heavy (non-hydrogen) atoms. The smallest absolute Gasteiger partial charge is 0.155 e. The summed E-state index contributed by atoms with van der Waals surface area (Å²) in [5, 5.41) is 9.34. The summed E-state index contributed by atoms with van der Waals surface area (Å²) < 4.78 is 36.8. The van der Waals surface area contributed by atoms with Crippen LogP contribution in [0.1, 0.15) is 38.7 Å². The molecule has 1 rings (SSSR count). The van der Waals surface area contributed by atoms with Gasteiger partial charge in [-0.1, -0.05) is 18.2 Å². The molecule has 108 valence electrons. The van der Waals surface area contributed by atoms with E-state index in [2.05, 4.69) is 0 Å². The molecule has 1 N–H and O–H groups in total. The van der Waals surface area contributed by atoms with Crippen molar-refractivity contribution in [2.75, 3.05) is 12.4 Å². The third-order valence-electron chi connectivity index (χ3n) is 3.23. The van der Waals surface area contributed by atoms with Crippen LogP contribution in [-0.2, 0) is 9.84 Å². The van der Waals surface area contributed by atoms with Crippen molar-refractivity contribution in [3.05, 3.63) is 35.6 Å². The molecule has 0 heterocycles. The number of hydrogen-bond acceptors (Lipinski definition) is 3. The van der Waals surface area contributed by atoms with E-state index in [4.69, 9.17) is 0 Å². The van der Waals surface area contributed by atoms with Crippen molar-refractivity contribution in [3.63, 3.8) is 0 Å². The Balaban J connectivity index is 2.84. The molecule has 0 radical (unpaired) electrons. The molecule has 0 spiro atoms. The summed E-state index contributed by atoms with van der Waals surface area (Å²) in [6.07, 6.45) is 0.219. The Morgan fingerprint density at radius 1 is 1.26 bits per heavy atom. The van der Waals surface area contributed by atoms with Crippen LogP contribution in [0.5, 0.6) is 0 Å². The number of aliphatic hydroxyl groups excluding tert-OH is 1. The van der Waals surface area contributed by atoms with Gasteiger partial charge in [0.25, 0.3) is 0 Å². The Morgan fingerprint density at radius 2 is 1.84 bits per heavy atom. The lowest BCUT2D eigenvalue weighted by Gasteiger charge is -2.21. The van der Waals surface area contributed by atoms with E-state index >= 15 is 0 Å². The number of halogens is 1. The zero-order valence-electron chi connectivity index (χ0n) is 11.6. The molecule has 0 saturated carbocycles. The molecular formula is C14H21FO3S. The van der Waals surface area contributed by atoms with Crippen LogP contribution in [0, 0.1) is 5.82 Å². The van der Waals surface area contributed by atoms with Crippen LogP contribution in [0.4, 0.5) is 4.39 Å². The number of hydrogen-bond donors (Lipinski definition) is 1. The maximum Gasteiger partial charge on any atom is 0.155 e. The fraction of sp³-hybridized carbons (Fsp3) is 0.571. The molecule has 1 aromatic rings. The van der Waals surface area contributed by atoms with E-state index in [0.29, 0.717) is 5.56 Å². The average Bonchev–Trinajstić information content (AvgIpc) is 2.30. The SMILES string of the molecule is CC(C)(C)S(=O)(=O)CCC(CO)c1ccccc1F. The van der Waals surface area contributed by atoms with Crippen LogP contribution < -0.4 is 0 Å². The zero-order valence-corrected chi connectivity index (χ0v) is 12.4. The predicted molar refractivity (Wildman–Crippen MR) is 74.4 cm³/mol. The maximum atomic E-state index is 13.6. The Morgan fingerprint density at radius 3 is 2.32 bits per heavy atom. The zero-order chi connectivity index (χ0) is 14.7. The first kappa shape index (κ1) is 16.1. The summed E-state index contributed by atoms with van der Waals surface area (Å²) >= 11 is 0. The van der Waals surface area contributed by atoms with E-state index in [-0.39, 0.29) is 18.8 Å². The first-order valence-corrected chi connectivity index (χ1v) is 7.92. The van der Waals surface area contributed by atoms with Crippen molar-refractivity contribution in [2.45, 2.75) is 37.9 Å². The lowest BCUT2D eigenvalue weighted by Crippen LogP contribution is -2.31. The van der Waals surface area contributed by atoms with Gasteiger partial charge in [0, 0.05) is 5.92 Å². The molecule has 1 atom stereocenters. The van der Waals surface area contributed by atoms with E-state index in [1.165, 1.54) is 6.07 Å². The fourth-order valence-electron chi connectivity index (χ4n) is 1.75. The highest BCUT2D eigenvalue weighted by atomic mass is 32.2. The summed E-state index contributed by atoms with van der Waals surface area (Å²) in [5.74, 6) is -0.955. The van der Waals surface area contributed by atoms with Crippen molar-refractivity contribution in [3.8, 4) is 0 Å². The summed E-state index contributed by atoms with van der Waals surface area (Å²) in [6, 6.07) is 6.15. The van der Waals surface area contributed by atoms with Crippen molar-refractivity contribution < 1.29 is 17.9 Å². The van der Waals surface area contributed by atoms with Gasteiger partial charge in [0.15, 0.2) is 9.84 Å². The van der Waals surface area contributed by atoms with Gasteiger partial charge in [0.2, 0.25) is 0 Å². The van der Waals surface area contributed by atoms with Gasteiger partial charge >= 0.3 is 0 Å². The van der Waals surface area contributed by atoms with Crippen LogP contribution >= 0.6 is 0 Å². The van der Waals surface area contributed by atoms with Crippen molar-refractivity contribution in [2.24, 2.45) is 0 Å². The van der Waals surface area contributed by atoms with E-state index < -0.39 is 26.3 Å². The third-order valence-corrected chi connectivity index (χ3v) is 5.87. The topological polar surface area (TPSA) is 54.4 Å². The van der Waals surface area contributed by atoms with Gasteiger partial charge < -0.3 is 5.11 Å². The van der Waals surface area contributed by atoms with Crippen LogP contribution in [-0.4, -0.2) is 30.6 Å². The van der Waals surface area contributed by atoms with Gasteiger partial charge in [-0.05, 0) is 38.8 Å². The largest absolute Gasteiger partial charge is 0.396 e. The summed E-state index contributed by atoms with van der Waals surface area (Å²) in [6.45, 7) is 4.65. The molecule has 5 heteroatoms. The lowest BCUT2D eigenvalue weighted by molar-refractivity contribution is 0.259. The van der Waals surface area contributed by atoms with E-state index in [1.54, 1.807) is 39.0 Å². The van der Waals surface area contributed by atoms with Gasteiger partial charge in [-0.15, -0.1) is 0 Å². The standard InChI is InChI=1S/C14H21FO3S/c1-14(2,3)19(17,18)9-8-11(10-16)12-6-4-5-7-13(12)15/h4-7,11,16H,8-10H2,1-3H3. The average molecular weight is 288 g/mol. The van der Waals surface area contributed by atoms with E-state index in [9.17, 15) is 17.9 Å². The third kappa shape index (κ3) is 4.01. The van der Waals surface area contributed by atoms with Gasteiger partial charge in [-0.3, -0.25) is 0 Å². The molecule has 0 amide bonds. The van der Waals surface area contributed by atoms with Crippen LogP contribution in [0.15, 0.2) is 24.3 Å². The Bertz CT molecular complexity index is 518. The highest BCUT2D eigenvalue weighted by Gasteiger charge is 2.29. The molecule has 0 aliphatic rings. The molecule has 0 aromatic heterocycles. The molecule has 0 bridgehead atoms. The highest BCUT2D eigenvalue weighted by molar-refractivity contribution is 7.92. The Hall–Kier alpha value is -0.940. The minimum Gasteiger partial charge on any atom is -0.396 e.